The van der Waals surface area contributed by atoms with Crippen LogP contribution in [0.3, 0.4) is 0 Å². The van der Waals surface area contributed by atoms with Crippen molar-refractivity contribution in [3.8, 4) is 0 Å². The van der Waals surface area contributed by atoms with Crippen molar-refractivity contribution in [2.75, 3.05) is 0 Å². The average molecular weight is 236 g/mol. The molecule has 3 heteroatoms. The summed E-state index contributed by atoms with van der Waals surface area (Å²) in [6.07, 6.45) is 4.45. The predicted molar refractivity (Wildman–Crippen MR) is 61.7 cm³/mol. The van der Waals surface area contributed by atoms with Crippen molar-refractivity contribution in [2.24, 2.45) is 11.3 Å². The van der Waals surface area contributed by atoms with E-state index in [1.54, 1.807) is 0 Å². The van der Waals surface area contributed by atoms with Crippen LogP contribution in [0.1, 0.15) is 46.5 Å². The second-order valence-electron chi connectivity index (χ2n) is 4.87. The zero-order valence-corrected chi connectivity index (χ0v) is 7.93. The molecule has 0 unspecified atom stereocenters. The Bertz CT molecular complexity index is 123. The minimum atomic E-state index is -0.00593. The molecule has 0 atom stereocenters. The summed E-state index contributed by atoms with van der Waals surface area (Å²) >= 11 is 0. The Labute approximate surface area is 168 Å². The molecular weight excluding hydrogens is 214 g/mol. The van der Waals surface area contributed by atoms with Gasteiger partial charge >= 0.3 is 103 Å². The first-order chi connectivity index (χ1) is 5.00. The molecule has 0 bridgehead atoms. The normalized spacial score (nSPS) is 28.6. The van der Waals surface area contributed by atoms with Gasteiger partial charge in [-0.3, -0.25) is 0 Å². The molecule has 13 heavy (non-hydrogen) atoms. The van der Waals surface area contributed by atoms with E-state index in [-0.39, 0.29) is 109 Å². The van der Waals surface area contributed by atoms with Crippen molar-refractivity contribution in [1.29, 1.82) is 0 Å². The molecule has 1 rings (SSSR count). The minimum absolute atomic E-state index is 0. The molecule has 0 aliphatic heterocycles. The fourth-order valence-electron chi connectivity index (χ4n) is 1.94. The van der Waals surface area contributed by atoms with Gasteiger partial charge in [-0.25, -0.2) is 0 Å². The molecule has 0 heterocycles. The third-order valence-electron chi connectivity index (χ3n) is 2.92. The van der Waals surface area contributed by atoms with Crippen molar-refractivity contribution < 1.29 is 5.11 Å². The Kier molecular flexibility index (Phi) is 11.9. The van der Waals surface area contributed by atoms with Gasteiger partial charge in [0.05, 0.1) is 6.10 Å². The van der Waals surface area contributed by atoms with Crippen molar-refractivity contribution in [1.82, 2.24) is 0 Å². The van der Waals surface area contributed by atoms with E-state index in [0.29, 0.717) is 5.41 Å². The number of hydrogen-bond acceptors (Lipinski definition) is 1. The van der Waals surface area contributed by atoms with Crippen molar-refractivity contribution in [3.63, 3.8) is 0 Å². The Morgan fingerprint density at radius 1 is 0.923 bits per heavy atom. The average Bonchev–Trinajstić information content (AvgIpc) is 1.86. The van der Waals surface area contributed by atoms with Gasteiger partial charge in [-0.15, -0.1) is 0 Å². The first-order valence-corrected chi connectivity index (χ1v) is 4.68. The van der Waals surface area contributed by atoms with E-state index in [0.717, 1.165) is 18.8 Å². The van der Waals surface area contributed by atoms with Crippen LogP contribution >= 0.6 is 0 Å². The summed E-state index contributed by atoms with van der Waals surface area (Å²) < 4.78 is 0. The van der Waals surface area contributed by atoms with Crippen LogP contribution < -0.4 is 0 Å². The third kappa shape index (κ3) is 7.21. The number of aliphatic hydroxyl groups is 1. The van der Waals surface area contributed by atoms with Crippen LogP contribution in [0.25, 0.3) is 0 Å². The molecule has 0 radical (unpaired) electrons. The van der Waals surface area contributed by atoms with Crippen molar-refractivity contribution >= 4 is 103 Å². The van der Waals surface area contributed by atoms with Gasteiger partial charge in [0.25, 0.3) is 0 Å². The van der Waals surface area contributed by atoms with Gasteiger partial charge in [0.1, 0.15) is 0 Å². The molecule has 70 valence electrons. The maximum atomic E-state index is 9.29. The number of hydrogen-bond donors (Lipinski definition) is 1. The standard InChI is InChI=1S/C10H20O.2K.2H/c1-10(2,3)8-4-6-9(11)7-5-8;;;;/h8-9,11H,4-7H2,1-3H3;;;;. The summed E-state index contributed by atoms with van der Waals surface area (Å²) in [6.45, 7) is 6.90. The van der Waals surface area contributed by atoms with Crippen LogP contribution in [0.2, 0.25) is 0 Å². The fourth-order valence-corrected chi connectivity index (χ4v) is 1.94. The summed E-state index contributed by atoms with van der Waals surface area (Å²) in [7, 11) is 0. The molecule has 0 aromatic heterocycles. The molecular formula is C10H22K2O. The maximum absolute atomic E-state index is 9.29. The van der Waals surface area contributed by atoms with E-state index in [1.807, 2.05) is 0 Å². The Morgan fingerprint density at radius 2 is 1.31 bits per heavy atom. The van der Waals surface area contributed by atoms with E-state index in [4.69, 9.17) is 0 Å². The third-order valence-corrected chi connectivity index (χ3v) is 2.92. The summed E-state index contributed by atoms with van der Waals surface area (Å²) in [6, 6.07) is 0. The molecule has 0 saturated heterocycles. The Balaban J connectivity index is 0. The summed E-state index contributed by atoms with van der Waals surface area (Å²) in [5, 5.41) is 9.29. The number of aliphatic hydroxyl groups excluding tert-OH is 1. The van der Waals surface area contributed by atoms with Gasteiger partial charge in [0.15, 0.2) is 0 Å². The molecule has 0 spiro atoms. The van der Waals surface area contributed by atoms with Gasteiger partial charge < -0.3 is 5.11 Å². The molecule has 0 amide bonds. The molecule has 1 N–H and O–H groups in total. The molecule has 1 nitrogen and oxygen atoms in total. The topological polar surface area (TPSA) is 20.2 Å². The van der Waals surface area contributed by atoms with Crippen LogP contribution in [0.4, 0.5) is 0 Å². The first kappa shape index (κ1) is 18.6. The number of rotatable bonds is 0. The van der Waals surface area contributed by atoms with Crippen LogP contribution in [-0.4, -0.2) is 114 Å². The van der Waals surface area contributed by atoms with Gasteiger partial charge in [0, 0.05) is 0 Å². The molecule has 1 fully saturated rings. The van der Waals surface area contributed by atoms with Gasteiger partial charge in [-0.2, -0.15) is 0 Å². The second-order valence-corrected chi connectivity index (χ2v) is 4.87. The Hall–Kier alpha value is 3.23. The molecule has 0 aromatic rings. The van der Waals surface area contributed by atoms with Crippen molar-refractivity contribution in [3.05, 3.63) is 0 Å². The van der Waals surface area contributed by atoms with E-state index in [9.17, 15) is 5.11 Å². The second kappa shape index (κ2) is 8.34. The van der Waals surface area contributed by atoms with Crippen LogP contribution in [0, 0.1) is 11.3 Å². The predicted octanol–water partition coefficient (Wildman–Crippen LogP) is 1.29. The van der Waals surface area contributed by atoms with Crippen molar-refractivity contribution in [2.45, 2.75) is 52.6 Å². The van der Waals surface area contributed by atoms with E-state index in [1.165, 1.54) is 12.8 Å². The molecule has 1 aliphatic carbocycles. The zero-order chi connectivity index (χ0) is 8.48. The van der Waals surface area contributed by atoms with Crippen LogP contribution in [0.5, 0.6) is 0 Å². The molecule has 1 aliphatic rings. The summed E-state index contributed by atoms with van der Waals surface area (Å²) in [5.41, 5.74) is 0.445. The summed E-state index contributed by atoms with van der Waals surface area (Å²) in [4.78, 5) is 0. The molecule has 0 aromatic carbocycles. The quantitative estimate of drug-likeness (QED) is 0.629. The van der Waals surface area contributed by atoms with Crippen LogP contribution in [-0.2, 0) is 0 Å². The first-order valence-electron chi connectivity index (χ1n) is 4.68. The van der Waals surface area contributed by atoms with E-state index < -0.39 is 0 Å². The Morgan fingerprint density at radius 3 is 1.62 bits per heavy atom. The molecule has 1 saturated carbocycles. The van der Waals surface area contributed by atoms with E-state index in [2.05, 4.69) is 20.8 Å². The van der Waals surface area contributed by atoms with E-state index >= 15 is 0 Å². The fraction of sp³-hybridized carbons (Fsp3) is 1.00. The van der Waals surface area contributed by atoms with Crippen LogP contribution in [0.15, 0.2) is 0 Å². The monoisotopic (exact) mass is 236 g/mol. The van der Waals surface area contributed by atoms with Gasteiger partial charge in [-0.05, 0) is 37.0 Å². The SMILES string of the molecule is CC(C)(C)C1CCC(O)CC1.[KH].[KH]. The van der Waals surface area contributed by atoms with Gasteiger partial charge in [0.2, 0.25) is 0 Å². The summed E-state index contributed by atoms with van der Waals surface area (Å²) in [5.74, 6) is 0.825. The zero-order valence-electron chi connectivity index (χ0n) is 7.93. The van der Waals surface area contributed by atoms with Gasteiger partial charge in [-0.1, -0.05) is 20.8 Å².